The van der Waals surface area contributed by atoms with Crippen LogP contribution in [0, 0.1) is 20.8 Å². The number of anilines is 1. The van der Waals surface area contributed by atoms with Gasteiger partial charge in [-0.2, -0.15) is 5.10 Å². The first kappa shape index (κ1) is 24.1. The molecule has 0 unspecified atom stereocenters. The maximum Gasteiger partial charge on any atom is 0.253 e. The van der Waals surface area contributed by atoms with Gasteiger partial charge in [0.05, 0.1) is 27.9 Å². The fourth-order valence-corrected chi connectivity index (χ4v) is 4.57. The van der Waals surface area contributed by atoms with Gasteiger partial charge in [0, 0.05) is 41.0 Å². The number of carbonyl (C=O) groups is 1. The van der Waals surface area contributed by atoms with Gasteiger partial charge in [-0.25, -0.2) is 19.6 Å². The minimum atomic E-state index is -0.309. The number of aromatic nitrogens is 6. The van der Waals surface area contributed by atoms with E-state index in [4.69, 9.17) is 10.7 Å². The number of benzene rings is 1. The van der Waals surface area contributed by atoms with Crippen LogP contribution in [0.5, 0.6) is 0 Å². The van der Waals surface area contributed by atoms with Gasteiger partial charge in [0.1, 0.15) is 0 Å². The average Bonchev–Trinajstić information content (AvgIpc) is 3.19. The number of nitrogens with zero attached hydrogens (tertiary/aromatic N) is 5. The topological polar surface area (TPSA) is 144 Å². The number of fused-ring (bicyclic) bond motifs is 2. The second kappa shape index (κ2) is 9.12. The largest absolute Gasteiger partial charge is 0.368 e. The van der Waals surface area contributed by atoms with E-state index in [9.17, 15) is 9.59 Å². The summed E-state index contributed by atoms with van der Waals surface area (Å²) < 4.78 is 1.82. The van der Waals surface area contributed by atoms with Gasteiger partial charge in [0.25, 0.3) is 11.5 Å². The fraction of sp³-hybridized carbons (Fsp3) is 0.259. The van der Waals surface area contributed by atoms with E-state index >= 15 is 0 Å². The number of nitrogen functional groups attached to an aromatic ring is 1. The van der Waals surface area contributed by atoms with E-state index in [2.05, 4.69) is 25.4 Å². The predicted molar refractivity (Wildman–Crippen MR) is 143 cm³/mol. The molecule has 0 aliphatic heterocycles. The lowest BCUT2D eigenvalue weighted by atomic mass is 10.0. The number of aryl methyl sites for hydroxylation is 3. The summed E-state index contributed by atoms with van der Waals surface area (Å²) in [7, 11) is 0. The first-order valence-electron chi connectivity index (χ1n) is 12.0. The molecule has 5 aromatic rings. The van der Waals surface area contributed by atoms with Gasteiger partial charge in [-0.3, -0.25) is 9.59 Å². The van der Waals surface area contributed by atoms with E-state index in [1.807, 2.05) is 63.6 Å². The lowest BCUT2D eigenvalue weighted by Crippen LogP contribution is -2.28. The Morgan fingerprint density at radius 3 is 2.65 bits per heavy atom. The SMILES string of the molecule is Cc1cc(C)c(CNC(=O)c2cc(-c3ccc4nc(N)ncc4c3)nc3c2c(C)nn3C(C)C)c(=O)[nH]1. The van der Waals surface area contributed by atoms with Crippen LogP contribution in [-0.4, -0.2) is 35.6 Å². The van der Waals surface area contributed by atoms with Crippen LogP contribution < -0.4 is 16.6 Å². The third kappa shape index (κ3) is 4.42. The highest BCUT2D eigenvalue weighted by atomic mass is 16.1. The smallest absolute Gasteiger partial charge is 0.253 e. The molecule has 5 rings (SSSR count). The maximum absolute atomic E-state index is 13.6. The number of hydrogen-bond donors (Lipinski definition) is 3. The molecule has 0 saturated heterocycles. The van der Waals surface area contributed by atoms with Crippen molar-refractivity contribution in [2.75, 3.05) is 5.73 Å². The molecule has 0 spiro atoms. The van der Waals surface area contributed by atoms with Crippen molar-refractivity contribution >= 4 is 33.8 Å². The summed E-state index contributed by atoms with van der Waals surface area (Å²) in [5, 5.41) is 9.09. The molecule has 0 aliphatic carbocycles. The van der Waals surface area contributed by atoms with Crippen LogP contribution >= 0.6 is 0 Å². The minimum Gasteiger partial charge on any atom is -0.368 e. The molecule has 0 fully saturated rings. The molecule has 10 nitrogen and oxygen atoms in total. The quantitative estimate of drug-likeness (QED) is 0.336. The van der Waals surface area contributed by atoms with Crippen LogP contribution in [0.4, 0.5) is 5.95 Å². The van der Waals surface area contributed by atoms with Crippen LogP contribution in [0.3, 0.4) is 0 Å². The lowest BCUT2D eigenvalue weighted by Gasteiger charge is -2.12. The van der Waals surface area contributed by atoms with Gasteiger partial charge in [0.15, 0.2) is 5.65 Å². The molecular formula is C27H28N8O2. The Morgan fingerprint density at radius 1 is 1.14 bits per heavy atom. The van der Waals surface area contributed by atoms with Crippen LogP contribution in [0.15, 0.2) is 41.3 Å². The van der Waals surface area contributed by atoms with Crippen LogP contribution in [-0.2, 0) is 6.54 Å². The van der Waals surface area contributed by atoms with Gasteiger partial charge < -0.3 is 16.0 Å². The van der Waals surface area contributed by atoms with E-state index in [-0.39, 0.29) is 30.0 Å². The third-order valence-electron chi connectivity index (χ3n) is 6.38. The zero-order valence-corrected chi connectivity index (χ0v) is 21.4. The molecule has 10 heteroatoms. The normalized spacial score (nSPS) is 11.5. The summed E-state index contributed by atoms with van der Waals surface area (Å²) >= 11 is 0. The molecule has 4 heterocycles. The number of rotatable bonds is 5. The van der Waals surface area contributed by atoms with Crippen molar-refractivity contribution in [3.63, 3.8) is 0 Å². The number of nitrogens with two attached hydrogens (primary N) is 1. The van der Waals surface area contributed by atoms with Gasteiger partial charge in [0.2, 0.25) is 5.95 Å². The Bertz CT molecular complexity index is 1750. The number of amides is 1. The van der Waals surface area contributed by atoms with Gasteiger partial charge >= 0.3 is 0 Å². The van der Waals surface area contributed by atoms with Crippen LogP contribution in [0.25, 0.3) is 33.2 Å². The van der Waals surface area contributed by atoms with E-state index in [1.54, 1.807) is 12.3 Å². The Labute approximate surface area is 213 Å². The van der Waals surface area contributed by atoms with Crippen molar-refractivity contribution in [2.45, 2.75) is 47.2 Å². The highest BCUT2D eigenvalue weighted by Crippen LogP contribution is 2.30. The number of nitrogens with one attached hydrogen (secondary N) is 2. The van der Waals surface area contributed by atoms with Crippen LogP contribution in [0.2, 0.25) is 0 Å². The average molecular weight is 497 g/mol. The van der Waals surface area contributed by atoms with Gasteiger partial charge in [-0.05, 0) is 64.4 Å². The molecule has 0 aliphatic rings. The number of pyridine rings is 2. The summed E-state index contributed by atoms with van der Waals surface area (Å²) in [4.78, 5) is 42.1. The summed E-state index contributed by atoms with van der Waals surface area (Å²) in [5.74, 6) is -0.103. The first-order chi connectivity index (χ1) is 17.6. The molecule has 4 aromatic heterocycles. The molecule has 0 saturated carbocycles. The molecule has 188 valence electrons. The fourth-order valence-electron chi connectivity index (χ4n) is 4.57. The van der Waals surface area contributed by atoms with Crippen molar-refractivity contribution < 1.29 is 4.79 Å². The molecule has 0 bridgehead atoms. The monoisotopic (exact) mass is 496 g/mol. The van der Waals surface area contributed by atoms with Gasteiger partial charge in [-0.1, -0.05) is 6.07 Å². The highest BCUT2D eigenvalue weighted by Gasteiger charge is 2.22. The Kier molecular flexibility index (Phi) is 5.94. The molecular weight excluding hydrogens is 468 g/mol. The summed E-state index contributed by atoms with van der Waals surface area (Å²) in [6.45, 7) is 9.70. The van der Waals surface area contributed by atoms with E-state index in [0.717, 1.165) is 27.7 Å². The molecule has 1 amide bonds. The lowest BCUT2D eigenvalue weighted by molar-refractivity contribution is 0.0952. The summed E-state index contributed by atoms with van der Waals surface area (Å²) in [6, 6.07) is 9.36. The van der Waals surface area contributed by atoms with Crippen molar-refractivity contribution in [3.8, 4) is 11.3 Å². The number of carbonyl (C=O) groups excluding carboxylic acids is 1. The Balaban J connectivity index is 1.62. The Morgan fingerprint density at radius 2 is 1.92 bits per heavy atom. The first-order valence-corrected chi connectivity index (χ1v) is 12.0. The molecule has 37 heavy (non-hydrogen) atoms. The van der Waals surface area contributed by atoms with Crippen molar-refractivity contribution in [1.82, 2.24) is 35.0 Å². The molecule has 1 aromatic carbocycles. The molecule has 4 N–H and O–H groups in total. The summed E-state index contributed by atoms with van der Waals surface area (Å²) in [5.41, 5.74) is 11.5. The standard InChI is InChI=1S/C27H28N8O2/c1-13(2)35-24-23(16(5)34-35)19(25(36)29-12-20-14(3)8-15(4)31-26(20)37)10-22(32-24)17-6-7-21-18(9-17)11-30-27(28)33-21/h6-11,13H,12H2,1-5H3,(H,29,36)(H,31,37)(H2,28,30,33). The van der Waals surface area contributed by atoms with E-state index in [0.29, 0.717) is 33.5 Å². The third-order valence-corrected chi connectivity index (χ3v) is 6.38. The second-order valence-electron chi connectivity index (χ2n) is 9.50. The number of hydrogen-bond acceptors (Lipinski definition) is 7. The highest BCUT2D eigenvalue weighted by molar-refractivity contribution is 6.07. The molecule has 0 atom stereocenters. The Hall–Kier alpha value is -4.60. The van der Waals surface area contributed by atoms with Crippen molar-refractivity contribution in [1.29, 1.82) is 0 Å². The predicted octanol–water partition coefficient (Wildman–Crippen LogP) is 3.75. The zero-order chi connectivity index (χ0) is 26.4. The van der Waals surface area contributed by atoms with E-state index < -0.39 is 0 Å². The van der Waals surface area contributed by atoms with Gasteiger partial charge in [-0.15, -0.1) is 0 Å². The maximum atomic E-state index is 13.6. The van der Waals surface area contributed by atoms with Crippen molar-refractivity contribution in [3.05, 3.63) is 75.0 Å². The summed E-state index contributed by atoms with van der Waals surface area (Å²) in [6.07, 6.45) is 1.66. The minimum absolute atomic E-state index is 0.0385. The van der Waals surface area contributed by atoms with Crippen molar-refractivity contribution in [2.24, 2.45) is 0 Å². The number of H-pyrrole nitrogens is 1. The van der Waals surface area contributed by atoms with Crippen LogP contribution in [0.1, 0.15) is 52.8 Å². The second-order valence-corrected chi connectivity index (χ2v) is 9.50. The molecule has 0 radical (unpaired) electrons. The van der Waals surface area contributed by atoms with E-state index in [1.165, 1.54) is 0 Å². The number of aromatic amines is 1. The zero-order valence-electron chi connectivity index (χ0n) is 21.4.